The van der Waals surface area contributed by atoms with Crippen LogP contribution in [0.25, 0.3) is 0 Å². The summed E-state index contributed by atoms with van der Waals surface area (Å²) >= 11 is 6.53. The minimum absolute atomic E-state index is 0.293. The van der Waals surface area contributed by atoms with Gasteiger partial charge in [0.15, 0.2) is 0 Å². The van der Waals surface area contributed by atoms with Crippen LogP contribution in [0.3, 0.4) is 0 Å². The summed E-state index contributed by atoms with van der Waals surface area (Å²) in [7, 11) is 0. The van der Waals surface area contributed by atoms with Gasteiger partial charge in [0.05, 0.1) is 0 Å². The first-order valence-corrected chi connectivity index (χ1v) is 8.20. The fourth-order valence-electron chi connectivity index (χ4n) is 1.61. The normalized spacial score (nSPS) is 18.5. The van der Waals surface area contributed by atoms with Crippen molar-refractivity contribution < 1.29 is 21.2 Å². The zero-order chi connectivity index (χ0) is 11.8. The molecule has 2 aromatic rings. The molecule has 1 atom stereocenters. The van der Waals surface area contributed by atoms with Gasteiger partial charge in [0.1, 0.15) is 0 Å². The first-order valence-electron chi connectivity index (χ1n) is 5.05. The number of anilines is 3. The van der Waals surface area contributed by atoms with E-state index in [1.807, 2.05) is 18.2 Å². The molecule has 0 saturated carbocycles. The number of rotatable bonds is 3. The first kappa shape index (κ1) is 11.1. The average molecular weight is 363 g/mol. The maximum absolute atomic E-state index is 6.24. The molecule has 0 radical (unpaired) electrons. The Hall–Kier alpha value is -1.02. The monoisotopic (exact) mass is 362 g/mol. The molecule has 1 aliphatic heterocycles. The molecule has 1 aromatic carbocycles. The van der Waals surface area contributed by atoms with Crippen LogP contribution in [0, 0.1) is 0 Å². The van der Waals surface area contributed by atoms with Crippen LogP contribution in [0.15, 0.2) is 18.2 Å². The summed E-state index contributed by atoms with van der Waals surface area (Å²) in [5, 5.41) is 10.5. The third-order valence-corrected chi connectivity index (χ3v) is 5.14. The predicted octanol–water partition coefficient (Wildman–Crippen LogP) is -1.07. The van der Waals surface area contributed by atoms with Crippen LogP contribution in [-0.2, 0) is 0 Å². The Kier molecular flexibility index (Phi) is 2.83. The third kappa shape index (κ3) is 2.32. The molecule has 0 spiro atoms. The molecule has 1 aliphatic rings. The molecular weight excluding hydrogens is 353 g/mol. The maximum atomic E-state index is 6.24. The van der Waals surface area contributed by atoms with E-state index >= 15 is 0 Å². The SMILES string of the molecule is Nc1nc(Nc2cccc(Cl)c2C2C[I-]2)n[nH]1. The molecule has 1 unspecified atom stereocenters. The first-order chi connectivity index (χ1) is 8.24. The van der Waals surface area contributed by atoms with Crippen LogP contribution in [-0.4, -0.2) is 19.6 Å². The van der Waals surface area contributed by atoms with E-state index in [1.165, 1.54) is 9.99 Å². The minimum atomic E-state index is 0.293. The Balaban J connectivity index is 1.94. The van der Waals surface area contributed by atoms with Gasteiger partial charge in [-0.25, -0.2) is 0 Å². The number of H-pyrrole nitrogens is 1. The molecule has 5 nitrogen and oxygen atoms in total. The number of aromatic nitrogens is 3. The molecule has 2 heterocycles. The molecule has 3 rings (SSSR count). The predicted molar refractivity (Wildman–Crippen MR) is 63.1 cm³/mol. The molecule has 1 aromatic heterocycles. The number of nitrogens with one attached hydrogen (secondary N) is 2. The molecular formula is C10H10ClIN5-. The van der Waals surface area contributed by atoms with Crippen molar-refractivity contribution in [3.05, 3.63) is 28.8 Å². The van der Waals surface area contributed by atoms with Crippen molar-refractivity contribution >= 4 is 29.2 Å². The van der Waals surface area contributed by atoms with Gasteiger partial charge >= 0.3 is 114 Å². The molecule has 1 fully saturated rings. The van der Waals surface area contributed by atoms with Crippen molar-refractivity contribution in [1.82, 2.24) is 15.2 Å². The van der Waals surface area contributed by atoms with Crippen molar-refractivity contribution in [2.24, 2.45) is 0 Å². The summed E-state index contributed by atoms with van der Waals surface area (Å²) in [6, 6.07) is 5.84. The zero-order valence-electron chi connectivity index (χ0n) is 8.74. The quantitative estimate of drug-likeness (QED) is 0.480. The van der Waals surface area contributed by atoms with E-state index in [0.717, 1.165) is 10.7 Å². The Labute approximate surface area is 113 Å². The Bertz CT molecular complexity index is 551. The van der Waals surface area contributed by atoms with E-state index in [9.17, 15) is 0 Å². The number of aromatic amines is 1. The summed E-state index contributed by atoms with van der Waals surface area (Å²) < 4.78 is 1.97. The van der Waals surface area contributed by atoms with Gasteiger partial charge in [-0.05, 0) is 0 Å². The molecule has 17 heavy (non-hydrogen) atoms. The van der Waals surface area contributed by atoms with Crippen LogP contribution < -0.4 is 32.3 Å². The Morgan fingerprint density at radius 1 is 1.53 bits per heavy atom. The number of hydrogen-bond donors (Lipinski definition) is 3. The molecule has 0 aliphatic carbocycles. The summed E-state index contributed by atoms with van der Waals surface area (Å²) in [5.74, 6) is 0.778. The zero-order valence-corrected chi connectivity index (χ0v) is 11.7. The molecule has 7 heteroatoms. The van der Waals surface area contributed by atoms with Crippen molar-refractivity contribution in [2.45, 2.75) is 3.92 Å². The molecule has 0 bridgehead atoms. The van der Waals surface area contributed by atoms with E-state index < -0.39 is 0 Å². The van der Waals surface area contributed by atoms with Crippen LogP contribution in [0.5, 0.6) is 0 Å². The molecule has 90 valence electrons. The number of alkyl halides is 2. The van der Waals surface area contributed by atoms with E-state index in [0.29, 0.717) is 37.0 Å². The van der Waals surface area contributed by atoms with Gasteiger partial charge in [0.2, 0.25) is 0 Å². The van der Waals surface area contributed by atoms with Gasteiger partial charge in [-0.2, -0.15) is 0 Å². The third-order valence-electron chi connectivity index (χ3n) is 2.42. The van der Waals surface area contributed by atoms with Gasteiger partial charge in [-0.15, -0.1) is 0 Å². The Morgan fingerprint density at radius 2 is 2.35 bits per heavy atom. The van der Waals surface area contributed by atoms with Crippen LogP contribution in [0.1, 0.15) is 9.49 Å². The average Bonchev–Trinajstić information content (AvgIpc) is 3.03. The summed E-state index contributed by atoms with van der Waals surface area (Å²) in [4.78, 5) is 4.02. The van der Waals surface area contributed by atoms with E-state index in [2.05, 4.69) is 20.5 Å². The number of hydrogen-bond acceptors (Lipinski definition) is 4. The molecule has 1 saturated heterocycles. The van der Waals surface area contributed by atoms with Crippen molar-refractivity contribution in [3.8, 4) is 0 Å². The molecule has 0 amide bonds. The standard InChI is InChI=1S/C10H10ClIN5/c11-5-2-1-3-7(8(5)6-4-12-6)14-10-15-9(13)16-17-10/h1-3,6H,4H2,(H4,13,14,15,16,17)/q-1. The second kappa shape index (κ2) is 4.34. The topological polar surface area (TPSA) is 79.6 Å². The van der Waals surface area contributed by atoms with Gasteiger partial charge in [-0.3, -0.25) is 0 Å². The fourth-order valence-corrected chi connectivity index (χ4v) is 3.91. The number of nitrogen functional groups attached to an aromatic ring is 1. The van der Waals surface area contributed by atoms with Crippen molar-refractivity contribution in [3.63, 3.8) is 0 Å². The Morgan fingerprint density at radius 3 is 3.00 bits per heavy atom. The van der Waals surface area contributed by atoms with E-state index in [1.54, 1.807) is 0 Å². The van der Waals surface area contributed by atoms with Gasteiger partial charge in [0, 0.05) is 0 Å². The molecule has 4 N–H and O–H groups in total. The van der Waals surface area contributed by atoms with Gasteiger partial charge in [0.25, 0.3) is 0 Å². The number of benzene rings is 1. The summed E-state index contributed by atoms with van der Waals surface area (Å²) in [6.07, 6.45) is 0. The number of nitrogens with zero attached hydrogens (tertiary/aromatic N) is 2. The van der Waals surface area contributed by atoms with Crippen LogP contribution >= 0.6 is 11.6 Å². The second-order valence-electron chi connectivity index (χ2n) is 3.65. The second-order valence-corrected chi connectivity index (χ2v) is 7.32. The van der Waals surface area contributed by atoms with Crippen LogP contribution in [0.2, 0.25) is 5.02 Å². The van der Waals surface area contributed by atoms with Crippen LogP contribution in [0.4, 0.5) is 17.6 Å². The van der Waals surface area contributed by atoms with Gasteiger partial charge in [-0.1, -0.05) is 0 Å². The van der Waals surface area contributed by atoms with E-state index in [4.69, 9.17) is 17.3 Å². The summed E-state index contributed by atoms with van der Waals surface area (Å²) in [5.41, 5.74) is 7.67. The summed E-state index contributed by atoms with van der Waals surface area (Å²) in [6.45, 7) is 0. The van der Waals surface area contributed by atoms with Gasteiger partial charge < -0.3 is 0 Å². The van der Waals surface area contributed by atoms with Crippen molar-refractivity contribution in [1.29, 1.82) is 0 Å². The van der Waals surface area contributed by atoms with Crippen molar-refractivity contribution in [2.75, 3.05) is 15.5 Å². The van der Waals surface area contributed by atoms with E-state index in [-0.39, 0.29) is 0 Å². The fraction of sp³-hybridized carbons (Fsp3) is 0.200. The number of nitrogens with two attached hydrogens (primary N) is 1. The number of halogens is 2.